The molecule has 0 N–H and O–H groups in total. The lowest BCUT2D eigenvalue weighted by atomic mass is 9.97. The van der Waals surface area contributed by atoms with Crippen LogP contribution in [0, 0.1) is 5.92 Å². The number of ether oxygens (including phenoxy) is 1. The fourth-order valence-electron chi connectivity index (χ4n) is 2.42. The molecule has 5 heteroatoms. The highest BCUT2D eigenvalue weighted by atomic mass is 32.1. The second-order valence-corrected chi connectivity index (χ2v) is 5.78. The Bertz CT molecular complexity index is 652. The van der Waals surface area contributed by atoms with Crippen molar-refractivity contribution in [2.45, 2.75) is 19.4 Å². The summed E-state index contributed by atoms with van der Waals surface area (Å²) in [7, 11) is 0. The van der Waals surface area contributed by atoms with Crippen LogP contribution in [0.4, 0.5) is 0 Å². The quantitative estimate of drug-likeness (QED) is 0.863. The van der Waals surface area contributed by atoms with E-state index < -0.39 is 0 Å². The number of hydrogen-bond donors (Lipinski definition) is 0. The van der Waals surface area contributed by atoms with E-state index in [2.05, 4.69) is 0 Å². The molecule has 2 aromatic heterocycles. The molecule has 1 fully saturated rings. The minimum atomic E-state index is -0.0798. The summed E-state index contributed by atoms with van der Waals surface area (Å²) in [5, 5.41) is 2.59. The summed E-state index contributed by atoms with van der Waals surface area (Å²) < 4.78 is 7.80. The van der Waals surface area contributed by atoms with Gasteiger partial charge < -0.3 is 9.30 Å². The van der Waals surface area contributed by atoms with Crippen LogP contribution in [-0.2, 0) is 16.1 Å². The van der Waals surface area contributed by atoms with Gasteiger partial charge in [0.05, 0.1) is 18.5 Å². The van der Waals surface area contributed by atoms with Crippen LogP contribution in [-0.4, -0.2) is 23.6 Å². The van der Waals surface area contributed by atoms with Crippen molar-refractivity contribution >= 4 is 27.2 Å². The molecule has 0 radical (unpaired) electrons. The number of thiophene rings is 1. The molecule has 1 atom stereocenters. The summed E-state index contributed by atoms with van der Waals surface area (Å²) in [6.07, 6.45) is 3.51. The summed E-state index contributed by atoms with van der Waals surface area (Å²) in [5.74, 6) is 0.0372. The van der Waals surface area contributed by atoms with Crippen molar-refractivity contribution in [2.24, 2.45) is 5.92 Å². The van der Waals surface area contributed by atoms with Crippen molar-refractivity contribution in [1.29, 1.82) is 0 Å². The van der Waals surface area contributed by atoms with E-state index in [9.17, 15) is 9.59 Å². The van der Waals surface area contributed by atoms with E-state index in [4.69, 9.17) is 4.74 Å². The number of hydrogen-bond acceptors (Lipinski definition) is 4. The molecule has 100 valence electrons. The second-order valence-electron chi connectivity index (χ2n) is 4.83. The molecule has 0 aromatic carbocycles. The van der Waals surface area contributed by atoms with Crippen molar-refractivity contribution in [1.82, 2.24) is 4.57 Å². The first kappa shape index (κ1) is 12.6. The molecule has 0 spiro atoms. The number of nitrogens with zero attached hydrogens (tertiary/aromatic N) is 1. The highest BCUT2D eigenvalue weighted by molar-refractivity contribution is 7.17. The predicted octanol–water partition coefficient (Wildman–Crippen LogP) is 2.06. The number of carbonyl (C=O) groups excluding carboxylic acids is 1. The van der Waals surface area contributed by atoms with Gasteiger partial charge in [0, 0.05) is 23.4 Å². The van der Waals surface area contributed by atoms with Gasteiger partial charge in [-0.05, 0) is 30.4 Å². The molecule has 0 bridgehead atoms. The maximum absolute atomic E-state index is 12.2. The zero-order chi connectivity index (χ0) is 13.2. The van der Waals surface area contributed by atoms with Crippen LogP contribution >= 0.6 is 11.3 Å². The molecule has 0 aliphatic carbocycles. The molecule has 1 unspecified atom stereocenters. The SMILES string of the molecule is O=C(Cn1ccc2sccc2c1=O)C1CCCOC1. The third-order valence-electron chi connectivity index (χ3n) is 3.53. The fourth-order valence-corrected chi connectivity index (χ4v) is 3.20. The van der Waals surface area contributed by atoms with Crippen molar-refractivity contribution in [2.75, 3.05) is 13.2 Å². The van der Waals surface area contributed by atoms with E-state index in [1.54, 1.807) is 6.20 Å². The molecule has 1 aliphatic heterocycles. The summed E-state index contributed by atoms with van der Waals surface area (Å²) in [5.41, 5.74) is -0.0798. The minimum absolute atomic E-state index is 0.0566. The lowest BCUT2D eigenvalue weighted by Crippen LogP contribution is -2.31. The zero-order valence-corrected chi connectivity index (χ0v) is 11.3. The Hall–Kier alpha value is -1.46. The Morgan fingerprint density at radius 1 is 1.47 bits per heavy atom. The number of carbonyl (C=O) groups is 1. The highest BCUT2D eigenvalue weighted by Gasteiger charge is 2.22. The molecule has 0 saturated carbocycles. The largest absolute Gasteiger partial charge is 0.381 e. The van der Waals surface area contributed by atoms with Crippen LogP contribution in [0.15, 0.2) is 28.5 Å². The number of Topliss-reactive ketones (excluding diaryl/α,β-unsaturated/α-hetero) is 1. The summed E-state index contributed by atoms with van der Waals surface area (Å²) in [4.78, 5) is 24.4. The predicted molar refractivity (Wildman–Crippen MR) is 74.6 cm³/mol. The molecule has 0 amide bonds. The van der Waals surface area contributed by atoms with Crippen LogP contribution in [0.1, 0.15) is 12.8 Å². The van der Waals surface area contributed by atoms with Gasteiger partial charge >= 0.3 is 0 Å². The third kappa shape index (κ3) is 2.48. The smallest absolute Gasteiger partial charge is 0.259 e. The fraction of sp³-hybridized carbons (Fsp3) is 0.429. The Balaban J connectivity index is 1.82. The Morgan fingerprint density at radius 2 is 2.37 bits per heavy atom. The lowest BCUT2D eigenvalue weighted by Gasteiger charge is -2.21. The van der Waals surface area contributed by atoms with Gasteiger partial charge in [0.25, 0.3) is 5.56 Å². The topological polar surface area (TPSA) is 48.3 Å². The molecule has 1 saturated heterocycles. The Labute approximate surface area is 114 Å². The number of fused-ring (bicyclic) bond motifs is 1. The molecule has 3 heterocycles. The second kappa shape index (κ2) is 5.27. The Kier molecular flexibility index (Phi) is 3.48. The first-order valence-electron chi connectivity index (χ1n) is 6.43. The molecule has 1 aliphatic rings. The van der Waals surface area contributed by atoms with E-state index >= 15 is 0 Å². The minimum Gasteiger partial charge on any atom is -0.381 e. The van der Waals surface area contributed by atoms with Crippen LogP contribution in [0.5, 0.6) is 0 Å². The summed E-state index contributed by atoms with van der Waals surface area (Å²) >= 11 is 1.54. The van der Waals surface area contributed by atoms with Gasteiger partial charge in [0.1, 0.15) is 0 Å². The summed E-state index contributed by atoms with van der Waals surface area (Å²) in [6, 6.07) is 3.71. The van der Waals surface area contributed by atoms with Crippen molar-refractivity contribution in [3.05, 3.63) is 34.1 Å². The van der Waals surface area contributed by atoms with Crippen LogP contribution < -0.4 is 5.56 Å². The molecule has 19 heavy (non-hydrogen) atoms. The number of rotatable bonds is 3. The monoisotopic (exact) mass is 277 g/mol. The van der Waals surface area contributed by atoms with E-state index in [1.165, 1.54) is 15.9 Å². The van der Waals surface area contributed by atoms with Crippen LogP contribution in [0.2, 0.25) is 0 Å². The van der Waals surface area contributed by atoms with Gasteiger partial charge in [-0.1, -0.05) is 0 Å². The first-order valence-corrected chi connectivity index (χ1v) is 7.31. The standard InChI is InChI=1S/C14H15NO3S/c16-12(10-2-1-6-18-9-10)8-15-5-3-13-11(14(15)17)4-7-19-13/h3-5,7,10H,1-2,6,8-9H2. The highest BCUT2D eigenvalue weighted by Crippen LogP contribution is 2.18. The van der Waals surface area contributed by atoms with Gasteiger partial charge in [-0.3, -0.25) is 9.59 Å². The van der Waals surface area contributed by atoms with Crippen LogP contribution in [0.25, 0.3) is 10.1 Å². The maximum atomic E-state index is 12.2. The van der Waals surface area contributed by atoms with Gasteiger partial charge in [-0.15, -0.1) is 11.3 Å². The molecule has 4 nitrogen and oxygen atoms in total. The normalized spacial score (nSPS) is 19.7. The first-order chi connectivity index (χ1) is 9.25. The van der Waals surface area contributed by atoms with Gasteiger partial charge in [0.15, 0.2) is 5.78 Å². The number of ketones is 1. The van der Waals surface area contributed by atoms with Crippen molar-refractivity contribution in [3.8, 4) is 0 Å². The maximum Gasteiger partial charge on any atom is 0.259 e. The van der Waals surface area contributed by atoms with E-state index in [0.29, 0.717) is 12.0 Å². The molecule has 3 rings (SSSR count). The Morgan fingerprint density at radius 3 is 3.16 bits per heavy atom. The average Bonchev–Trinajstić information content (AvgIpc) is 2.92. The summed E-state index contributed by atoms with van der Waals surface area (Å²) in [6.45, 7) is 1.39. The zero-order valence-electron chi connectivity index (χ0n) is 10.5. The number of pyridine rings is 1. The molecule has 2 aromatic rings. The third-order valence-corrected chi connectivity index (χ3v) is 4.42. The van der Waals surface area contributed by atoms with Gasteiger partial charge in [-0.25, -0.2) is 0 Å². The molecular weight excluding hydrogens is 262 g/mol. The van der Waals surface area contributed by atoms with Gasteiger partial charge in [-0.2, -0.15) is 0 Å². The van der Waals surface area contributed by atoms with Crippen LogP contribution in [0.3, 0.4) is 0 Å². The van der Waals surface area contributed by atoms with Crippen molar-refractivity contribution < 1.29 is 9.53 Å². The molecular formula is C14H15NO3S. The van der Waals surface area contributed by atoms with E-state index in [-0.39, 0.29) is 23.8 Å². The number of aromatic nitrogens is 1. The van der Waals surface area contributed by atoms with E-state index in [0.717, 1.165) is 24.1 Å². The van der Waals surface area contributed by atoms with Gasteiger partial charge in [0.2, 0.25) is 0 Å². The lowest BCUT2D eigenvalue weighted by molar-refractivity contribution is -0.127. The average molecular weight is 277 g/mol. The van der Waals surface area contributed by atoms with Crippen molar-refractivity contribution in [3.63, 3.8) is 0 Å². The van der Waals surface area contributed by atoms with E-state index in [1.807, 2.05) is 17.5 Å².